The molecule has 3 rings (SSSR count). The minimum Gasteiger partial charge on any atom is -0.477 e. The Morgan fingerprint density at radius 3 is 2.65 bits per heavy atom. The first-order valence-electron chi connectivity index (χ1n) is 7.09. The van der Waals surface area contributed by atoms with Gasteiger partial charge in [-0.25, -0.2) is 4.79 Å². The summed E-state index contributed by atoms with van der Waals surface area (Å²) >= 11 is 7.77. The molecule has 0 saturated heterocycles. The van der Waals surface area contributed by atoms with Gasteiger partial charge in [0.15, 0.2) is 0 Å². The second-order valence-electron chi connectivity index (χ2n) is 5.18. The number of pyridine rings is 1. The Morgan fingerprint density at radius 1 is 1.35 bits per heavy atom. The molecule has 1 N–H and O–H groups in total. The lowest BCUT2D eigenvalue weighted by atomic mass is 9.97. The maximum Gasteiger partial charge on any atom is 0.342 e. The van der Waals surface area contributed by atoms with E-state index in [9.17, 15) is 14.7 Å². The molecule has 0 aliphatic rings. The van der Waals surface area contributed by atoms with E-state index in [-0.39, 0.29) is 5.56 Å². The van der Waals surface area contributed by atoms with Crippen molar-refractivity contribution in [3.05, 3.63) is 56.1 Å². The van der Waals surface area contributed by atoms with Gasteiger partial charge in [0, 0.05) is 33.5 Å². The number of thiophene rings is 1. The van der Waals surface area contributed by atoms with Crippen molar-refractivity contribution in [3.8, 4) is 11.1 Å². The molecule has 2 aromatic heterocycles. The molecule has 1 aromatic carbocycles. The summed E-state index contributed by atoms with van der Waals surface area (Å²) in [6, 6.07) is 8.94. The van der Waals surface area contributed by atoms with Crippen LogP contribution in [0.5, 0.6) is 0 Å². The van der Waals surface area contributed by atoms with Crippen molar-refractivity contribution < 1.29 is 9.90 Å². The summed E-state index contributed by atoms with van der Waals surface area (Å²) in [6.45, 7) is 2.02. The minimum absolute atomic E-state index is 0.242. The average molecular weight is 348 g/mol. The van der Waals surface area contributed by atoms with Crippen LogP contribution in [0.4, 0.5) is 0 Å². The van der Waals surface area contributed by atoms with E-state index in [1.54, 1.807) is 31.3 Å². The van der Waals surface area contributed by atoms with Gasteiger partial charge in [-0.1, -0.05) is 36.7 Å². The summed E-state index contributed by atoms with van der Waals surface area (Å²) in [5, 5.41) is 10.8. The summed E-state index contributed by atoms with van der Waals surface area (Å²) in [7, 11) is 1.60. The molecule has 0 radical (unpaired) electrons. The van der Waals surface area contributed by atoms with Gasteiger partial charge in [0.25, 0.3) is 5.56 Å². The fourth-order valence-electron chi connectivity index (χ4n) is 2.68. The lowest BCUT2D eigenvalue weighted by Gasteiger charge is -2.12. The highest BCUT2D eigenvalue weighted by molar-refractivity contribution is 7.18. The second-order valence-corrected chi connectivity index (χ2v) is 6.71. The molecule has 4 nitrogen and oxygen atoms in total. The van der Waals surface area contributed by atoms with Crippen molar-refractivity contribution in [1.82, 2.24) is 4.57 Å². The Bertz CT molecular complexity index is 987. The van der Waals surface area contributed by atoms with Gasteiger partial charge in [-0.05, 0) is 18.6 Å². The number of carboxylic acid groups (broad SMARTS) is 1. The third kappa shape index (κ3) is 2.46. The molecular weight excluding hydrogens is 334 g/mol. The largest absolute Gasteiger partial charge is 0.477 e. The number of benzene rings is 1. The van der Waals surface area contributed by atoms with Crippen molar-refractivity contribution in [3.63, 3.8) is 0 Å². The topological polar surface area (TPSA) is 59.3 Å². The normalized spacial score (nSPS) is 11.1. The van der Waals surface area contributed by atoms with E-state index < -0.39 is 11.5 Å². The highest BCUT2D eigenvalue weighted by Crippen LogP contribution is 2.38. The van der Waals surface area contributed by atoms with Gasteiger partial charge in [0.05, 0.1) is 0 Å². The van der Waals surface area contributed by atoms with Crippen molar-refractivity contribution in [2.45, 2.75) is 13.3 Å². The first-order valence-corrected chi connectivity index (χ1v) is 8.28. The summed E-state index contributed by atoms with van der Waals surface area (Å²) in [6.07, 6.45) is 0.817. The predicted octanol–water partition coefficient (Wildman–Crippen LogP) is 4.18. The lowest BCUT2D eigenvalue weighted by molar-refractivity contribution is 0.0695. The second kappa shape index (κ2) is 5.83. The monoisotopic (exact) mass is 347 g/mol. The standard InChI is InChI=1S/C17H14ClNO3S/c1-3-9-8-11-13(10-6-4-5-7-12(10)18)14(17(21)22)15(20)19(2)16(11)23-9/h4-8H,3H2,1-2H3,(H,21,22). The van der Waals surface area contributed by atoms with Crippen LogP contribution >= 0.6 is 22.9 Å². The van der Waals surface area contributed by atoms with E-state index >= 15 is 0 Å². The molecule has 2 heterocycles. The number of halogens is 1. The van der Waals surface area contributed by atoms with Crippen molar-refractivity contribution in [2.24, 2.45) is 7.05 Å². The highest BCUT2D eigenvalue weighted by Gasteiger charge is 2.24. The quantitative estimate of drug-likeness (QED) is 0.773. The molecule has 6 heteroatoms. The van der Waals surface area contributed by atoms with Crippen molar-refractivity contribution >= 4 is 39.1 Å². The Kier molecular flexibility index (Phi) is 4.00. The SMILES string of the molecule is CCc1cc2c(-c3ccccc3Cl)c(C(=O)O)c(=O)n(C)c2s1. The molecule has 118 valence electrons. The van der Waals surface area contributed by atoms with Gasteiger partial charge in [-0.3, -0.25) is 4.79 Å². The van der Waals surface area contributed by atoms with E-state index in [2.05, 4.69) is 0 Å². The van der Waals surface area contributed by atoms with Crippen LogP contribution in [0.1, 0.15) is 22.2 Å². The molecule has 0 amide bonds. The molecule has 0 bridgehead atoms. The average Bonchev–Trinajstić information content (AvgIpc) is 2.95. The minimum atomic E-state index is -1.24. The van der Waals surface area contributed by atoms with Crippen LogP contribution in [0, 0.1) is 0 Å². The fraction of sp³-hybridized carbons (Fsp3) is 0.176. The Labute approximate surface area is 141 Å². The number of rotatable bonds is 3. The molecule has 0 saturated carbocycles. The summed E-state index contributed by atoms with van der Waals surface area (Å²) < 4.78 is 1.41. The molecule has 0 fully saturated rings. The molecule has 0 spiro atoms. The Balaban J connectivity index is 2.57. The first-order chi connectivity index (χ1) is 11.0. The van der Waals surface area contributed by atoms with Gasteiger partial charge in [-0.2, -0.15) is 0 Å². The zero-order valence-electron chi connectivity index (χ0n) is 12.6. The van der Waals surface area contributed by atoms with E-state index in [1.807, 2.05) is 13.0 Å². The highest BCUT2D eigenvalue weighted by atomic mass is 35.5. The number of aryl methyl sites for hydroxylation is 2. The molecule has 0 unspecified atom stereocenters. The number of hydrogen-bond acceptors (Lipinski definition) is 3. The van der Waals surface area contributed by atoms with Crippen LogP contribution in [0.15, 0.2) is 35.1 Å². The summed E-state index contributed by atoms with van der Waals surface area (Å²) in [5.41, 5.74) is 0.199. The number of aromatic carboxylic acids is 1. The zero-order valence-corrected chi connectivity index (χ0v) is 14.2. The van der Waals surface area contributed by atoms with Gasteiger partial charge >= 0.3 is 5.97 Å². The first kappa shape index (κ1) is 15.8. The van der Waals surface area contributed by atoms with Gasteiger partial charge in [-0.15, -0.1) is 11.3 Å². The van der Waals surface area contributed by atoms with Crippen LogP contribution < -0.4 is 5.56 Å². The van der Waals surface area contributed by atoms with Crippen molar-refractivity contribution in [2.75, 3.05) is 0 Å². The molecule has 0 aliphatic heterocycles. The van der Waals surface area contributed by atoms with E-state index in [0.717, 1.165) is 21.5 Å². The number of nitrogens with zero attached hydrogens (tertiary/aromatic N) is 1. The van der Waals surface area contributed by atoms with Gasteiger partial charge in [0.2, 0.25) is 0 Å². The summed E-state index contributed by atoms with van der Waals surface area (Å²) in [4.78, 5) is 26.2. The molecule has 0 atom stereocenters. The summed E-state index contributed by atoms with van der Waals surface area (Å²) in [5.74, 6) is -1.24. The van der Waals surface area contributed by atoms with E-state index in [0.29, 0.717) is 16.1 Å². The third-order valence-corrected chi connectivity index (χ3v) is 5.50. The zero-order chi connectivity index (χ0) is 16.7. The number of aromatic nitrogens is 1. The van der Waals surface area contributed by atoms with E-state index in [4.69, 9.17) is 11.6 Å². The lowest BCUT2D eigenvalue weighted by Crippen LogP contribution is -2.25. The number of carboxylic acids is 1. The molecule has 3 aromatic rings. The molecular formula is C17H14ClNO3S. The van der Waals surface area contributed by atoms with Gasteiger partial charge < -0.3 is 9.67 Å². The molecule has 0 aliphatic carbocycles. The number of carbonyl (C=O) groups is 1. The third-order valence-electron chi connectivity index (χ3n) is 3.81. The van der Waals surface area contributed by atoms with Gasteiger partial charge in [0.1, 0.15) is 10.4 Å². The predicted molar refractivity (Wildman–Crippen MR) is 93.8 cm³/mol. The number of fused-ring (bicyclic) bond motifs is 1. The maximum atomic E-state index is 12.6. The van der Waals surface area contributed by atoms with Crippen LogP contribution in [0.2, 0.25) is 5.02 Å². The number of hydrogen-bond donors (Lipinski definition) is 1. The maximum absolute atomic E-state index is 12.6. The van der Waals surface area contributed by atoms with Crippen LogP contribution in [-0.2, 0) is 13.5 Å². The van der Waals surface area contributed by atoms with Crippen LogP contribution in [0.3, 0.4) is 0 Å². The Hall–Kier alpha value is -2.11. The van der Waals surface area contributed by atoms with Crippen LogP contribution in [-0.4, -0.2) is 15.6 Å². The molecule has 23 heavy (non-hydrogen) atoms. The van der Waals surface area contributed by atoms with E-state index in [1.165, 1.54) is 15.9 Å². The smallest absolute Gasteiger partial charge is 0.342 e. The Morgan fingerprint density at radius 2 is 2.04 bits per heavy atom. The van der Waals surface area contributed by atoms with Crippen LogP contribution in [0.25, 0.3) is 21.3 Å². The fourth-order valence-corrected chi connectivity index (χ4v) is 3.97. The van der Waals surface area contributed by atoms with Crippen molar-refractivity contribution in [1.29, 1.82) is 0 Å².